The zero-order valence-corrected chi connectivity index (χ0v) is 10.2. The third-order valence-electron chi connectivity index (χ3n) is 2.19. The van der Waals surface area contributed by atoms with Crippen molar-refractivity contribution < 1.29 is 14.5 Å². The van der Waals surface area contributed by atoms with E-state index in [0.717, 1.165) is 5.57 Å². The quantitative estimate of drug-likeness (QED) is 0.491. The number of benzene rings is 1. The number of carbonyl (C=O) groups is 1. The summed E-state index contributed by atoms with van der Waals surface area (Å²) >= 11 is 0. The Balaban J connectivity index is 2.98. The zero-order chi connectivity index (χ0) is 13.7. The summed E-state index contributed by atoms with van der Waals surface area (Å²) in [6, 6.07) is 3.85. The topological polar surface area (TPSA) is 81.5 Å². The highest BCUT2D eigenvalue weighted by Gasteiger charge is 2.16. The first-order valence-corrected chi connectivity index (χ1v) is 5.20. The Morgan fingerprint density at radius 3 is 2.72 bits per heavy atom. The minimum absolute atomic E-state index is 0.122. The zero-order valence-electron chi connectivity index (χ0n) is 10.2. The van der Waals surface area contributed by atoms with Crippen LogP contribution in [0.4, 0.5) is 5.69 Å². The van der Waals surface area contributed by atoms with Crippen molar-refractivity contribution in [2.45, 2.75) is 6.92 Å². The third-order valence-corrected chi connectivity index (χ3v) is 2.19. The number of hydrogen-bond acceptors (Lipinski definition) is 4. The van der Waals surface area contributed by atoms with Crippen LogP contribution in [-0.2, 0) is 0 Å². The van der Waals surface area contributed by atoms with Crippen LogP contribution in [0.25, 0.3) is 0 Å². The molecule has 96 valence electrons. The summed E-state index contributed by atoms with van der Waals surface area (Å²) in [6.07, 6.45) is 0. The van der Waals surface area contributed by atoms with E-state index in [-0.39, 0.29) is 22.9 Å². The molecule has 0 fully saturated rings. The SMILES string of the molecule is C=C(C)CNC(=O)c1ccc([N+](=O)[O-])cc1OC. The summed E-state index contributed by atoms with van der Waals surface area (Å²) in [5, 5.41) is 13.2. The van der Waals surface area contributed by atoms with Crippen molar-refractivity contribution in [2.24, 2.45) is 0 Å². The number of hydrogen-bond donors (Lipinski definition) is 1. The lowest BCUT2D eigenvalue weighted by molar-refractivity contribution is -0.384. The number of nitro groups is 1. The standard InChI is InChI=1S/C12H14N2O4/c1-8(2)7-13-12(15)10-5-4-9(14(16)17)6-11(10)18-3/h4-6H,1,7H2,2-3H3,(H,13,15). The fraction of sp³-hybridized carbons (Fsp3) is 0.250. The number of nitro benzene ring substituents is 1. The fourth-order valence-corrected chi connectivity index (χ4v) is 1.31. The highest BCUT2D eigenvalue weighted by molar-refractivity contribution is 5.97. The van der Waals surface area contributed by atoms with Gasteiger partial charge in [0.2, 0.25) is 0 Å². The third kappa shape index (κ3) is 3.31. The van der Waals surface area contributed by atoms with Crippen LogP contribution in [0.15, 0.2) is 30.4 Å². The van der Waals surface area contributed by atoms with E-state index in [0.29, 0.717) is 6.54 Å². The number of carbonyl (C=O) groups excluding carboxylic acids is 1. The van der Waals surface area contributed by atoms with Crippen LogP contribution in [-0.4, -0.2) is 24.5 Å². The number of ether oxygens (including phenoxy) is 1. The molecule has 1 amide bonds. The van der Waals surface area contributed by atoms with Crippen molar-refractivity contribution in [3.05, 3.63) is 46.0 Å². The Kier molecular flexibility index (Phi) is 4.42. The first-order chi connectivity index (χ1) is 8.45. The van der Waals surface area contributed by atoms with Gasteiger partial charge in [-0.05, 0) is 13.0 Å². The van der Waals surface area contributed by atoms with E-state index >= 15 is 0 Å². The normalized spacial score (nSPS) is 9.67. The molecule has 0 aliphatic carbocycles. The second-order valence-corrected chi connectivity index (χ2v) is 3.78. The van der Waals surface area contributed by atoms with Gasteiger partial charge in [-0.2, -0.15) is 0 Å². The van der Waals surface area contributed by atoms with Crippen molar-refractivity contribution in [3.8, 4) is 5.75 Å². The van der Waals surface area contributed by atoms with Crippen molar-refractivity contribution in [1.82, 2.24) is 5.32 Å². The van der Waals surface area contributed by atoms with Gasteiger partial charge in [-0.3, -0.25) is 14.9 Å². The van der Waals surface area contributed by atoms with E-state index in [2.05, 4.69) is 11.9 Å². The number of nitrogens with one attached hydrogen (secondary N) is 1. The Labute approximate surface area is 104 Å². The molecule has 0 aliphatic heterocycles. The molecule has 0 radical (unpaired) electrons. The molecule has 0 heterocycles. The second kappa shape index (κ2) is 5.81. The molecule has 0 aliphatic rings. The molecule has 0 unspecified atom stereocenters. The molecular weight excluding hydrogens is 236 g/mol. The second-order valence-electron chi connectivity index (χ2n) is 3.78. The Bertz CT molecular complexity index is 497. The lowest BCUT2D eigenvalue weighted by atomic mass is 10.1. The molecule has 18 heavy (non-hydrogen) atoms. The number of rotatable bonds is 5. The molecule has 6 heteroatoms. The van der Waals surface area contributed by atoms with Crippen LogP contribution in [0, 0.1) is 10.1 Å². The Morgan fingerprint density at radius 2 is 2.22 bits per heavy atom. The summed E-state index contributed by atoms with van der Waals surface area (Å²) in [7, 11) is 1.36. The van der Waals surface area contributed by atoms with Gasteiger partial charge in [0.25, 0.3) is 11.6 Å². The first-order valence-electron chi connectivity index (χ1n) is 5.20. The molecule has 0 bridgehead atoms. The average Bonchev–Trinajstić information content (AvgIpc) is 2.34. The number of methoxy groups -OCH3 is 1. The lowest BCUT2D eigenvalue weighted by Crippen LogP contribution is -2.25. The van der Waals surface area contributed by atoms with Crippen LogP contribution < -0.4 is 10.1 Å². The van der Waals surface area contributed by atoms with E-state index in [4.69, 9.17) is 4.74 Å². The van der Waals surface area contributed by atoms with Gasteiger partial charge in [0, 0.05) is 12.6 Å². The summed E-state index contributed by atoms with van der Waals surface area (Å²) in [5.74, 6) is -0.187. The molecule has 0 saturated carbocycles. The van der Waals surface area contributed by atoms with E-state index in [1.54, 1.807) is 6.92 Å². The minimum Gasteiger partial charge on any atom is -0.496 e. The molecule has 0 spiro atoms. The van der Waals surface area contributed by atoms with Crippen LogP contribution in [0.5, 0.6) is 5.75 Å². The molecule has 1 N–H and O–H groups in total. The maximum absolute atomic E-state index is 11.8. The van der Waals surface area contributed by atoms with Crippen molar-refractivity contribution in [2.75, 3.05) is 13.7 Å². The molecule has 0 atom stereocenters. The number of nitrogens with zero attached hydrogens (tertiary/aromatic N) is 1. The molecule has 1 rings (SSSR count). The predicted octanol–water partition coefficient (Wildman–Crippen LogP) is 1.91. The minimum atomic E-state index is -0.544. The lowest BCUT2D eigenvalue weighted by Gasteiger charge is -2.08. The number of amides is 1. The van der Waals surface area contributed by atoms with Gasteiger partial charge in [0.15, 0.2) is 0 Å². The van der Waals surface area contributed by atoms with Crippen molar-refractivity contribution in [3.63, 3.8) is 0 Å². The fourth-order valence-electron chi connectivity index (χ4n) is 1.31. The molecule has 1 aromatic carbocycles. The highest BCUT2D eigenvalue weighted by atomic mass is 16.6. The number of non-ortho nitro benzene ring substituents is 1. The van der Waals surface area contributed by atoms with Crippen molar-refractivity contribution in [1.29, 1.82) is 0 Å². The smallest absolute Gasteiger partial charge is 0.273 e. The van der Waals surface area contributed by atoms with Gasteiger partial charge in [0.1, 0.15) is 5.75 Å². The molecule has 0 aromatic heterocycles. The van der Waals surface area contributed by atoms with E-state index in [9.17, 15) is 14.9 Å². The summed E-state index contributed by atoms with van der Waals surface area (Å²) in [5.41, 5.74) is 0.942. The van der Waals surface area contributed by atoms with Crippen LogP contribution in [0.3, 0.4) is 0 Å². The maximum Gasteiger partial charge on any atom is 0.273 e. The van der Waals surface area contributed by atoms with E-state index in [1.807, 2.05) is 0 Å². The van der Waals surface area contributed by atoms with Crippen LogP contribution in [0.1, 0.15) is 17.3 Å². The van der Waals surface area contributed by atoms with Crippen molar-refractivity contribution >= 4 is 11.6 Å². The Morgan fingerprint density at radius 1 is 1.56 bits per heavy atom. The Hall–Kier alpha value is -2.37. The average molecular weight is 250 g/mol. The summed E-state index contributed by atoms with van der Waals surface area (Å²) in [6.45, 7) is 5.80. The largest absolute Gasteiger partial charge is 0.496 e. The van der Waals surface area contributed by atoms with Gasteiger partial charge in [-0.1, -0.05) is 12.2 Å². The monoisotopic (exact) mass is 250 g/mol. The predicted molar refractivity (Wildman–Crippen MR) is 66.8 cm³/mol. The maximum atomic E-state index is 11.8. The molecule has 6 nitrogen and oxygen atoms in total. The van der Waals surface area contributed by atoms with Gasteiger partial charge in [0.05, 0.1) is 23.7 Å². The highest BCUT2D eigenvalue weighted by Crippen LogP contribution is 2.24. The summed E-state index contributed by atoms with van der Waals surface area (Å²) < 4.78 is 4.98. The van der Waals surface area contributed by atoms with Crippen LogP contribution >= 0.6 is 0 Å². The molecule has 1 aromatic rings. The molecule has 0 saturated heterocycles. The van der Waals surface area contributed by atoms with E-state index < -0.39 is 4.92 Å². The first kappa shape index (κ1) is 13.7. The van der Waals surface area contributed by atoms with E-state index in [1.165, 1.54) is 25.3 Å². The van der Waals surface area contributed by atoms with Gasteiger partial charge < -0.3 is 10.1 Å². The van der Waals surface area contributed by atoms with Crippen LogP contribution in [0.2, 0.25) is 0 Å². The van der Waals surface area contributed by atoms with Gasteiger partial charge >= 0.3 is 0 Å². The summed E-state index contributed by atoms with van der Waals surface area (Å²) in [4.78, 5) is 21.9. The molecular formula is C12H14N2O4. The van der Waals surface area contributed by atoms with Gasteiger partial charge in [-0.15, -0.1) is 0 Å². The van der Waals surface area contributed by atoms with Gasteiger partial charge in [-0.25, -0.2) is 0 Å².